The quantitative estimate of drug-likeness (QED) is 0.425. The number of nitrogens with one attached hydrogen (secondary N) is 2. The fourth-order valence-corrected chi connectivity index (χ4v) is 5.23. The molecule has 0 unspecified atom stereocenters. The van der Waals surface area contributed by atoms with Gasteiger partial charge >= 0.3 is 0 Å². The molecule has 4 rings (SSSR count). The van der Waals surface area contributed by atoms with Crippen LogP contribution in [0.25, 0.3) is 11.1 Å². The smallest absolute Gasteiger partial charge is 0.251 e. The van der Waals surface area contributed by atoms with Crippen LogP contribution in [0.5, 0.6) is 17.2 Å². The van der Waals surface area contributed by atoms with Gasteiger partial charge in [-0.2, -0.15) is 0 Å². The Balaban J connectivity index is 1.51. The van der Waals surface area contributed by atoms with Crippen molar-refractivity contribution in [1.82, 2.24) is 15.6 Å². The molecule has 2 N–H and O–H groups in total. The highest BCUT2D eigenvalue weighted by Gasteiger charge is 2.38. The van der Waals surface area contributed by atoms with Crippen LogP contribution in [-0.4, -0.2) is 35.1 Å². The lowest BCUT2D eigenvalue weighted by Gasteiger charge is -2.46. The zero-order valence-corrected chi connectivity index (χ0v) is 21.6. The maximum Gasteiger partial charge on any atom is 0.251 e. The number of benzene rings is 2. The zero-order chi connectivity index (χ0) is 25.2. The fourth-order valence-electron chi connectivity index (χ4n) is 5.01. The average molecular weight is 494 g/mol. The van der Waals surface area contributed by atoms with Crippen LogP contribution >= 0.6 is 11.6 Å². The zero-order valence-electron chi connectivity index (χ0n) is 20.8. The van der Waals surface area contributed by atoms with Gasteiger partial charge in [0, 0.05) is 40.0 Å². The summed E-state index contributed by atoms with van der Waals surface area (Å²) in [4.78, 5) is 17.2. The van der Waals surface area contributed by atoms with Gasteiger partial charge in [-0.25, -0.2) is 0 Å². The molecule has 1 aromatic heterocycles. The molecule has 1 fully saturated rings. The molecule has 1 saturated heterocycles. The number of hydrogen-bond donors (Lipinski definition) is 2. The van der Waals surface area contributed by atoms with Gasteiger partial charge in [-0.15, -0.1) is 0 Å². The Morgan fingerprint density at radius 3 is 2.43 bits per heavy atom. The van der Waals surface area contributed by atoms with Gasteiger partial charge < -0.3 is 20.1 Å². The van der Waals surface area contributed by atoms with Crippen LogP contribution in [0.15, 0.2) is 60.9 Å². The van der Waals surface area contributed by atoms with Crippen LogP contribution in [0.1, 0.15) is 50.9 Å². The standard InChI is InChI=1S/C28H32ClN3O3/c1-27(2)14-20(15-28(3,4)32-27)31-26(33)18-10-11-25(23(29)13-18)35-24-9-7-6-8-22(24)19-12-21(34-5)17-30-16-19/h6-13,16-17,20,32H,14-15H2,1-5H3,(H,31,33). The lowest BCUT2D eigenvalue weighted by Crippen LogP contribution is -2.62. The first-order chi connectivity index (χ1) is 16.5. The second kappa shape index (κ2) is 9.88. The number of halogens is 1. The molecule has 1 aliphatic heterocycles. The molecule has 0 bridgehead atoms. The van der Waals surface area contributed by atoms with Gasteiger partial charge in [-0.05, 0) is 70.9 Å². The van der Waals surface area contributed by atoms with Crippen LogP contribution in [0, 0.1) is 0 Å². The number of aromatic nitrogens is 1. The van der Waals surface area contributed by atoms with Crippen LogP contribution < -0.4 is 20.1 Å². The molecule has 0 radical (unpaired) electrons. The molecule has 0 aliphatic carbocycles. The van der Waals surface area contributed by atoms with Gasteiger partial charge in [0.1, 0.15) is 17.2 Å². The third kappa shape index (κ3) is 6.13. The van der Waals surface area contributed by atoms with E-state index in [0.717, 1.165) is 24.0 Å². The molecule has 0 spiro atoms. The van der Waals surface area contributed by atoms with E-state index >= 15 is 0 Å². The maximum absolute atomic E-state index is 13.0. The summed E-state index contributed by atoms with van der Waals surface area (Å²) in [6.45, 7) is 8.65. The molecule has 3 aromatic rings. The van der Waals surface area contributed by atoms with Crippen molar-refractivity contribution < 1.29 is 14.3 Å². The Morgan fingerprint density at radius 2 is 1.74 bits per heavy atom. The van der Waals surface area contributed by atoms with Gasteiger partial charge in [-0.1, -0.05) is 29.8 Å². The predicted molar refractivity (Wildman–Crippen MR) is 140 cm³/mol. The number of ether oxygens (including phenoxy) is 2. The van der Waals surface area contributed by atoms with E-state index in [9.17, 15) is 4.79 Å². The van der Waals surface area contributed by atoms with Crippen LogP contribution in [-0.2, 0) is 0 Å². The van der Waals surface area contributed by atoms with Crippen LogP contribution in [0.2, 0.25) is 5.02 Å². The Morgan fingerprint density at radius 1 is 1.03 bits per heavy atom. The van der Waals surface area contributed by atoms with Gasteiger partial charge in [0.2, 0.25) is 0 Å². The largest absolute Gasteiger partial charge is 0.495 e. The Hall–Kier alpha value is -3.09. The first kappa shape index (κ1) is 25.0. The van der Waals surface area contributed by atoms with Crippen molar-refractivity contribution in [3.05, 3.63) is 71.5 Å². The number of hydrogen-bond acceptors (Lipinski definition) is 5. The number of piperidine rings is 1. The van der Waals surface area contributed by atoms with E-state index in [1.54, 1.807) is 37.7 Å². The number of rotatable bonds is 6. The minimum Gasteiger partial charge on any atom is -0.495 e. The van der Waals surface area contributed by atoms with Gasteiger partial charge in [0.05, 0.1) is 18.3 Å². The van der Waals surface area contributed by atoms with E-state index in [1.807, 2.05) is 30.3 Å². The highest BCUT2D eigenvalue weighted by atomic mass is 35.5. The van der Waals surface area contributed by atoms with Crippen molar-refractivity contribution in [3.8, 4) is 28.4 Å². The van der Waals surface area contributed by atoms with E-state index in [1.165, 1.54) is 0 Å². The summed E-state index contributed by atoms with van der Waals surface area (Å²) in [6.07, 6.45) is 5.11. The number of pyridine rings is 1. The molecule has 0 saturated carbocycles. The summed E-state index contributed by atoms with van der Waals surface area (Å²) in [5.41, 5.74) is 2.11. The first-order valence-electron chi connectivity index (χ1n) is 11.7. The molecule has 2 aromatic carbocycles. The van der Waals surface area contributed by atoms with Crippen LogP contribution in [0.4, 0.5) is 0 Å². The van der Waals surface area contributed by atoms with Crippen molar-refractivity contribution in [2.75, 3.05) is 7.11 Å². The fraction of sp³-hybridized carbons (Fsp3) is 0.357. The number of carbonyl (C=O) groups excluding carboxylic acids is 1. The van der Waals surface area contributed by atoms with E-state index in [4.69, 9.17) is 21.1 Å². The Kier molecular flexibility index (Phi) is 7.06. The highest BCUT2D eigenvalue weighted by Crippen LogP contribution is 2.37. The molecular formula is C28H32ClN3O3. The summed E-state index contributed by atoms with van der Waals surface area (Å²) in [7, 11) is 1.60. The lowest BCUT2D eigenvalue weighted by atomic mass is 9.79. The topological polar surface area (TPSA) is 72.5 Å². The number of nitrogens with zero attached hydrogens (tertiary/aromatic N) is 1. The van der Waals surface area contributed by atoms with Crippen LogP contribution in [0.3, 0.4) is 0 Å². The summed E-state index contributed by atoms with van der Waals surface area (Å²) in [5, 5.41) is 7.19. The van der Waals surface area contributed by atoms with Crippen molar-refractivity contribution in [2.24, 2.45) is 0 Å². The van der Waals surface area contributed by atoms with Gasteiger partial charge in [-0.3, -0.25) is 9.78 Å². The molecular weight excluding hydrogens is 462 g/mol. The second-order valence-corrected chi connectivity index (χ2v) is 10.7. The third-order valence-electron chi connectivity index (χ3n) is 6.09. The van der Waals surface area contributed by atoms with Crippen molar-refractivity contribution in [3.63, 3.8) is 0 Å². The summed E-state index contributed by atoms with van der Waals surface area (Å²) >= 11 is 6.56. The molecule has 6 nitrogen and oxygen atoms in total. The molecule has 184 valence electrons. The Labute approximate surface area is 212 Å². The minimum atomic E-state index is -0.139. The number of amides is 1. The highest BCUT2D eigenvalue weighted by molar-refractivity contribution is 6.32. The number of para-hydroxylation sites is 1. The molecule has 1 aliphatic rings. The van der Waals surface area contributed by atoms with E-state index < -0.39 is 0 Å². The minimum absolute atomic E-state index is 0.0548. The van der Waals surface area contributed by atoms with E-state index in [2.05, 4.69) is 43.3 Å². The van der Waals surface area contributed by atoms with Crippen molar-refractivity contribution in [2.45, 2.75) is 57.7 Å². The second-order valence-electron chi connectivity index (χ2n) is 10.3. The van der Waals surface area contributed by atoms with E-state index in [0.29, 0.717) is 27.8 Å². The summed E-state index contributed by atoms with van der Waals surface area (Å²) in [5.74, 6) is 1.61. The molecule has 0 atom stereocenters. The normalized spacial score (nSPS) is 17.0. The molecule has 1 amide bonds. The summed E-state index contributed by atoms with van der Waals surface area (Å²) < 4.78 is 11.5. The predicted octanol–water partition coefficient (Wildman–Crippen LogP) is 6.24. The van der Waals surface area contributed by atoms with Crippen molar-refractivity contribution in [1.29, 1.82) is 0 Å². The van der Waals surface area contributed by atoms with Crippen molar-refractivity contribution >= 4 is 17.5 Å². The molecule has 7 heteroatoms. The molecule has 2 heterocycles. The first-order valence-corrected chi connectivity index (χ1v) is 12.1. The molecule has 35 heavy (non-hydrogen) atoms. The SMILES string of the molecule is COc1cncc(-c2ccccc2Oc2ccc(C(=O)NC3CC(C)(C)NC(C)(C)C3)cc2Cl)c1. The lowest BCUT2D eigenvalue weighted by molar-refractivity contribution is 0.0873. The maximum atomic E-state index is 13.0. The third-order valence-corrected chi connectivity index (χ3v) is 6.38. The van der Waals surface area contributed by atoms with E-state index in [-0.39, 0.29) is 23.0 Å². The summed E-state index contributed by atoms with van der Waals surface area (Å²) in [6, 6.07) is 14.7. The van der Waals surface area contributed by atoms with Gasteiger partial charge in [0.25, 0.3) is 5.91 Å². The monoisotopic (exact) mass is 493 g/mol. The van der Waals surface area contributed by atoms with Gasteiger partial charge in [0.15, 0.2) is 0 Å². The average Bonchev–Trinajstić information content (AvgIpc) is 2.78. The number of carbonyl (C=O) groups is 1. The Bertz CT molecular complexity index is 1210. The number of methoxy groups -OCH3 is 1.